The molecule has 5 rings (SSSR count). The number of fused-ring (bicyclic) bond motifs is 3. The molecule has 1 saturated heterocycles. The minimum atomic E-state index is -0.932. The number of carbonyl (C=O) groups is 3. The highest BCUT2D eigenvalue weighted by Gasteiger charge is 2.48. The number of carboxylic acid groups (broad SMARTS) is 1. The van der Waals surface area contributed by atoms with Gasteiger partial charge in [0.15, 0.2) is 0 Å². The van der Waals surface area contributed by atoms with Gasteiger partial charge in [-0.2, -0.15) is 0 Å². The van der Waals surface area contributed by atoms with E-state index in [2.05, 4.69) is 34.9 Å². The lowest BCUT2D eigenvalue weighted by Gasteiger charge is -2.22. The predicted molar refractivity (Wildman–Crippen MR) is 123 cm³/mol. The molecule has 2 aromatic rings. The lowest BCUT2D eigenvalue weighted by atomic mass is 9.98. The highest BCUT2D eigenvalue weighted by Crippen LogP contribution is 2.44. The predicted octanol–water partition coefficient (Wildman–Crippen LogP) is 3.05. The van der Waals surface area contributed by atoms with Crippen LogP contribution in [0.15, 0.2) is 48.5 Å². The monoisotopic (exact) mass is 464 g/mol. The number of hydrogen-bond acceptors (Lipinski definition) is 5. The van der Waals surface area contributed by atoms with Crippen molar-refractivity contribution in [1.29, 1.82) is 0 Å². The van der Waals surface area contributed by atoms with Gasteiger partial charge in [0.2, 0.25) is 5.91 Å². The van der Waals surface area contributed by atoms with Crippen molar-refractivity contribution >= 4 is 18.0 Å². The maximum Gasteiger partial charge on any atom is 0.407 e. The van der Waals surface area contributed by atoms with Crippen molar-refractivity contribution in [2.24, 2.45) is 5.92 Å². The smallest absolute Gasteiger partial charge is 0.407 e. The van der Waals surface area contributed by atoms with Crippen molar-refractivity contribution in [2.45, 2.75) is 43.2 Å². The molecular weight excluding hydrogens is 436 g/mol. The van der Waals surface area contributed by atoms with Gasteiger partial charge in [-0.25, -0.2) is 4.79 Å². The average molecular weight is 465 g/mol. The molecular formula is C26H28N2O6. The second kappa shape index (κ2) is 9.10. The molecule has 2 atom stereocenters. The van der Waals surface area contributed by atoms with Crippen LogP contribution in [0.25, 0.3) is 11.1 Å². The molecule has 34 heavy (non-hydrogen) atoms. The normalized spacial score (nSPS) is 21.9. The zero-order valence-electron chi connectivity index (χ0n) is 18.8. The Morgan fingerprint density at radius 2 is 1.68 bits per heavy atom. The summed E-state index contributed by atoms with van der Waals surface area (Å²) in [5.74, 6) is -1.45. The van der Waals surface area contributed by atoms with Gasteiger partial charge in [-0.05, 0) is 41.5 Å². The van der Waals surface area contributed by atoms with Crippen molar-refractivity contribution in [3.8, 4) is 11.1 Å². The number of carbonyl (C=O) groups excluding carboxylic acids is 2. The number of rotatable bonds is 8. The van der Waals surface area contributed by atoms with Crippen LogP contribution in [0.5, 0.6) is 0 Å². The summed E-state index contributed by atoms with van der Waals surface area (Å²) in [6.45, 7) is 0.893. The van der Waals surface area contributed by atoms with E-state index in [9.17, 15) is 14.4 Å². The van der Waals surface area contributed by atoms with E-state index in [0.29, 0.717) is 25.9 Å². The van der Waals surface area contributed by atoms with Gasteiger partial charge in [0, 0.05) is 25.0 Å². The van der Waals surface area contributed by atoms with Crippen molar-refractivity contribution in [3.63, 3.8) is 0 Å². The number of amides is 2. The third kappa shape index (κ3) is 4.50. The third-order valence-corrected chi connectivity index (χ3v) is 7.06. The first-order valence-corrected chi connectivity index (χ1v) is 11.7. The molecule has 8 heteroatoms. The quantitative estimate of drug-likeness (QED) is 0.553. The standard InChI is InChI=1S/C26H28N2O6/c29-22(30)13-26(10-11-26)28-24(31)23-16(9-12-33-23)14-27-25(32)34-15-21-19-7-3-1-5-17(19)18-6-2-4-8-20(18)21/h1-8,16,21,23H,9-15H2,(H,27,32)(H,28,31)(H,29,30)/t16-,23-/m0/s1. The molecule has 0 spiro atoms. The van der Waals surface area contributed by atoms with Crippen LogP contribution < -0.4 is 10.6 Å². The van der Waals surface area contributed by atoms with Gasteiger partial charge < -0.3 is 25.2 Å². The second-order valence-corrected chi connectivity index (χ2v) is 9.39. The van der Waals surface area contributed by atoms with Gasteiger partial charge in [0.25, 0.3) is 0 Å². The number of ether oxygens (including phenoxy) is 2. The minimum absolute atomic E-state index is 0.0181. The number of hydrogen-bond donors (Lipinski definition) is 3. The molecule has 2 amide bonds. The molecule has 1 aliphatic heterocycles. The summed E-state index contributed by atoms with van der Waals surface area (Å²) >= 11 is 0. The molecule has 0 radical (unpaired) electrons. The number of carboxylic acids is 1. The highest BCUT2D eigenvalue weighted by atomic mass is 16.5. The van der Waals surface area contributed by atoms with Crippen LogP contribution in [0.4, 0.5) is 4.79 Å². The highest BCUT2D eigenvalue weighted by molar-refractivity contribution is 5.84. The summed E-state index contributed by atoms with van der Waals surface area (Å²) in [6, 6.07) is 16.3. The Labute approximate surface area is 197 Å². The maximum absolute atomic E-state index is 12.7. The fraction of sp³-hybridized carbons (Fsp3) is 0.423. The largest absolute Gasteiger partial charge is 0.481 e. The zero-order chi connectivity index (χ0) is 23.7. The van der Waals surface area contributed by atoms with Crippen LogP contribution in [-0.4, -0.2) is 54.5 Å². The Bertz CT molecular complexity index is 1070. The van der Waals surface area contributed by atoms with E-state index in [1.165, 1.54) is 11.1 Å². The SMILES string of the molecule is O=C(O)CC1(NC(=O)[C@H]2OCC[C@H]2CNC(=O)OCC2c3ccccc3-c3ccccc32)CC1. The molecule has 1 heterocycles. The number of benzene rings is 2. The van der Waals surface area contributed by atoms with Crippen LogP contribution in [0.1, 0.15) is 42.7 Å². The van der Waals surface area contributed by atoms with Crippen LogP contribution in [-0.2, 0) is 19.1 Å². The number of alkyl carbamates (subject to hydrolysis) is 1. The topological polar surface area (TPSA) is 114 Å². The summed E-state index contributed by atoms with van der Waals surface area (Å²) in [6.07, 6.45) is 0.612. The van der Waals surface area contributed by atoms with E-state index in [-0.39, 0.29) is 37.3 Å². The van der Waals surface area contributed by atoms with Crippen LogP contribution >= 0.6 is 0 Å². The maximum atomic E-state index is 12.7. The first kappa shape index (κ1) is 22.4. The fourth-order valence-electron chi connectivity index (χ4n) is 5.12. The summed E-state index contributed by atoms with van der Waals surface area (Å²) in [4.78, 5) is 36.2. The van der Waals surface area contributed by atoms with Crippen molar-refractivity contribution < 1.29 is 29.0 Å². The summed E-state index contributed by atoms with van der Waals surface area (Å²) in [7, 11) is 0. The Hall–Kier alpha value is -3.39. The zero-order valence-corrected chi connectivity index (χ0v) is 18.8. The molecule has 2 fully saturated rings. The van der Waals surface area contributed by atoms with Crippen LogP contribution in [0.3, 0.4) is 0 Å². The second-order valence-electron chi connectivity index (χ2n) is 9.39. The minimum Gasteiger partial charge on any atom is -0.481 e. The Morgan fingerprint density at radius 3 is 2.29 bits per heavy atom. The molecule has 2 aliphatic carbocycles. The molecule has 2 aromatic carbocycles. The molecule has 3 aliphatic rings. The Morgan fingerprint density at radius 1 is 1.03 bits per heavy atom. The van der Waals surface area contributed by atoms with E-state index in [4.69, 9.17) is 14.6 Å². The number of aliphatic carboxylic acids is 1. The van der Waals surface area contributed by atoms with E-state index in [1.807, 2.05) is 24.3 Å². The first-order valence-electron chi connectivity index (χ1n) is 11.7. The third-order valence-electron chi connectivity index (χ3n) is 7.06. The molecule has 1 saturated carbocycles. The first-order chi connectivity index (χ1) is 16.5. The van der Waals surface area contributed by atoms with E-state index in [1.54, 1.807) is 0 Å². The van der Waals surface area contributed by atoms with Gasteiger partial charge in [-0.3, -0.25) is 9.59 Å². The summed E-state index contributed by atoms with van der Waals surface area (Å²) < 4.78 is 11.2. The molecule has 0 bridgehead atoms. The lowest BCUT2D eigenvalue weighted by molar-refractivity contribution is -0.138. The number of nitrogens with one attached hydrogen (secondary N) is 2. The van der Waals surface area contributed by atoms with Crippen molar-refractivity contribution in [3.05, 3.63) is 59.7 Å². The van der Waals surface area contributed by atoms with E-state index < -0.39 is 23.7 Å². The molecule has 178 valence electrons. The fourth-order valence-corrected chi connectivity index (χ4v) is 5.12. The van der Waals surface area contributed by atoms with Gasteiger partial charge in [-0.15, -0.1) is 0 Å². The molecule has 8 nitrogen and oxygen atoms in total. The lowest BCUT2D eigenvalue weighted by Crippen LogP contribution is -2.47. The van der Waals surface area contributed by atoms with Crippen LogP contribution in [0, 0.1) is 5.92 Å². The molecule has 0 unspecified atom stereocenters. The van der Waals surface area contributed by atoms with Gasteiger partial charge in [0.05, 0.1) is 12.0 Å². The molecule has 0 aromatic heterocycles. The van der Waals surface area contributed by atoms with Crippen molar-refractivity contribution in [2.75, 3.05) is 19.8 Å². The van der Waals surface area contributed by atoms with Crippen LogP contribution in [0.2, 0.25) is 0 Å². The summed E-state index contributed by atoms with van der Waals surface area (Å²) in [5.41, 5.74) is 3.97. The van der Waals surface area contributed by atoms with E-state index >= 15 is 0 Å². The van der Waals surface area contributed by atoms with Gasteiger partial charge in [-0.1, -0.05) is 48.5 Å². The Balaban J connectivity index is 1.14. The van der Waals surface area contributed by atoms with Gasteiger partial charge in [0.1, 0.15) is 12.7 Å². The van der Waals surface area contributed by atoms with Crippen molar-refractivity contribution in [1.82, 2.24) is 10.6 Å². The molecule has 3 N–H and O–H groups in total. The summed E-state index contributed by atoms with van der Waals surface area (Å²) in [5, 5.41) is 14.7. The van der Waals surface area contributed by atoms with E-state index in [0.717, 1.165) is 11.1 Å². The average Bonchev–Trinajstić information content (AvgIpc) is 3.27. The van der Waals surface area contributed by atoms with Gasteiger partial charge >= 0.3 is 12.1 Å². The Kier molecular flexibility index (Phi) is 6.00.